The molecule has 0 atom stereocenters. The first-order valence-electron chi connectivity index (χ1n) is 6.41. The molecule has 1 aliphatic heterocycles. The third-order valence-corrected chi connectivity index (χ3v) is 3.43. The van der Waals surface area contributed by atoms with E-state index in [1.165, 1.54) is 6.07 Å². The largest absolute Gasteiger partial charge is 0.382 e. The normalized spacial score (nSPS) is 19.1. The van der Waals surface area contributed by atoms with E-state index in [2.05, 4.69) is 4.99 Å². The third kappa shape index (κ3) is 2.15. The monoisotopic (exact) mass is 281 g/mol. The lowest BCUT2D eigenvalue weighted by atomic mass is 10.0. The third-order valence-electron chi connectivity index (χ3n) is 3.43. The van der Waals surface area contributed by atoms with Gasteiger partial charge in [-0.3, -0.25) is 4.90 Å². The maximum atomic E-state index is 13.8. The number of hydrogen-bond acceptors (Lipinski definition) is 3. The van der Waals surface area contributed by atoms with Crippen molar-refractivity contribution >= 4 is 11.4 Å². The minimum atomic E-state index is -3.64. The van der Waals surface area contributed by atoms with E-state index >= 15 is 0 Å². The Hall–Kier alpha value is -1.98. The Morgan fingerprint density at radius 3 is 2.65 bits per heavy atom. The van der Waals surface area contributed by atoms with E-state index in [4.69, 9.17) is 5.73 Å². The van der Waals surface area contributed by atoms with E-state index in [9.17, 15) is 13.2 Å². The van der Waals surface area contributed by atoms with Gasteiger partial charge in [0.25, 0.3) is 0 Å². The zero-order valence-electron chi connectivity index (χ0n) is 10.7. The average Bonchev–Trinajstić information content (AvgIpc) is 3.26. The van der Waals surface area contributed by atoms with Crippen molar-refractivity contribution in [3.8, 4) is 0 Å². The van der Waals surface area contributed by atoms with Crippen molar-refractivity contribution in [3.63, 3.8) is 0 Å². The van der Waals surface area contributed by atoms with Gasteiger partial charge >= 0.3 is 6.05 Å². The van der Waals surface area contributed by atoms with E-state index in [0.29, 0.717) is 16.2 Å². The number of nitrogens with zero attached hydrogens (tertiary/aromatic N) is 2. The lowest BCUT2D eigenvalue weighted by molar-refractivity contribution is -0.0167. The van der Waals surface area contributed by atoms with Gasteiger partial charge in [0.2, 0.25) is 0 Å². The van der Waals surface area contributed by atoms with Crippen molar-refractivity contribution in [2.45, 2.75) is 18.9 Å². The highest BCUT2D eigenvalue weighted by Gasteiger charge is 2.40. The Kier molecular flexibility index (Phi) is 2.96. The molecule has 3 nitrogen and oxygen atoms in total. The molecule has 0 bridgehead atoms. The van der Waals surface area contributed by atoms with Crippen LogP contribution in [0.5, 0.6) is 0 Å². The molecule has 1 heterocycles. The van der Waals surface area contributed by atoms with Gasteiger partial charge in [0.1, 0.15) is 5.82 Å². The zero-order chi connectivity index (χ0) is 14.3. The van der Waals surface area contributed by atoms with E-state index in [0.717, 1.165) is 19.0 Å². The highest BCUT2D eigenvalue weighted by Crippen LogP contribution is 2.40. The number of aliphatic imine (C=N–C) groups is 1. The van der Waals surface area contributed by atoms with Gasteiger partial charge < -0.3 is 5.73 Å². The van der Waals surface area contributed by atoms with Crippen molar-refractivity contribution in [1.82, 2.24) is 0 Å². The molecule has 2 aliphatic rings. The molecule has 0 unspecified atom stereocenters. The summed E-state index contributed by atoms with van der Waals surface area (Å²) in [4.78, 5) is 4.82. The van der Waals surface area contributed by atoms with Crippen LogP contribution in [0.15, 0.2) is 41.3 Å². The van der Waals surface area contributed by atoms with Gasteiger partial charge in [-0.15, -0.1) is 0 Å². The SMILES string of the molecule is NC1=CN(C(F)(F)CF)c2ccccc2C(C2CC2)=N1. The highest BCUT2D eigenvalue weighted by molar-refractivity contribution is 6.09. The van der Waals surface area contributed by atoms with Crippen molar-refractivity contribution in [2.75, 3.05) is 11.6 Å². The van der Waals surface area contributed by atoms with Crippen LogP contribution in [0.3, 0.4) is 0 Å². The number of rotatable bonds is 3. The summed E-state index contributed by atoms with van der Waals surface area (Å²) in [5, 5.41) is 0. The topological polar surface area (TPSA) is 41.6 Å². The molecule has 6 heteroatoms. The highest BCUT2D eigenvalue weighted by atomic mass is 19.3. The van der Waals surface area contributed by atoms with Crippen molar-refractivity contribution < 1.29 is 13.2 Å². The Labute approximate surface area is 114 Å². The van der Waals surface area contributed by atoms with Gasteiger partial charge in [0, 0.05) is 11.5 Å². The Balaban J connectivity index is 2.16. The standard InChI is InChI=1S/C14H14F3N3/c15-8-14(16,17)20-7-12(18)19-13(9-5-6-9)10-3-1-2-4-11(10)20/h1-4,7,9H,5-6,8,18H2. The molecule has 0 aromatic heterocycles. The van der Waals surface area contributed by atoms with Crippen LogP contribution < -0.4 is 10.6 Å². The molecular formula is C14H14F3N3. The number of benzene rings is 1. The molecule has 1 aromatic carbocycles. The Morgan fingerprint density at radius 1 is 1.30 bits per heavy atom. The molecule has 0 amide bonds. The summed E-state index contributed by atoms with van der Waals surface area (Å²) in [6, 6.07) is 3.01. The predicted molar refractivity (Wildman–Crippen MR) is 71.4 cm³/mol. The molecule has 20 heavy (non-hydrogen) atoms. The van der Waals surface area contributed by atoms with Crippen LogP contribution in [-0.4, -0.2) is 18.4 Å². The lowest BCUT2D eigenvalue weighted by Crippen LogP contribution is -2.40. The van der Waals surface area contributed by atoms with Gasteiger partial charge in [0.15, 0.2) is 6.67 Å². The number of anilines is 1. The number of hydrogen-bond donors (Lipinski definition) is 1. The molecule has 1 aliphatic carbocycles. The maximum absolute atomic E-state index is 13.8. The molecule has 1 aromatic rings. The summed E-state index contributed by atoms with van der Waals surface area (Å²) in [6.45, 7) is -1.79. The fourth-order valence-corrected chi connectivity index (χ4v) is 2.33. The molecule has 106 valence electrons. The van der Waals surface area contributed by atoms with Crippen LogP contribution in [-0.2, 0) is 0 Å². The van der Waals surface area contributed by atoms with Crippen LogP contribution >= 0.6 is 0 Å². The van der Waals surface area contributed by atoms with Crippen LogP contribution in [0.4, 0.5) is 18.9 Å². The molecule has 1 fully saturated rings. The van der Waals surface area contributed by atoms with E-state index in [1.807, 2.05) is 0 Å². The molecule has 1 saturated carbocycles. The van der Waals surface area contributed by atoms with E-state index in [1.54, 1.807) is 18.2 Å². The minimum absolute atomic E-state index is 0.0313. The van der Waals surface area contributed by atoms with Crippen molar-refractivity contribution in [3.05, 3.63) is 41.8 Å². The summed E-state index contributed by atoms with van der Waals surface area (Å²) >= 11 is 0. The smallest absolute Gasteiger partial charge is 0.357 e. The lowest BCUT2D eigenvalue weighted by Gasteiger charge is -2.28. The van der Waals surface area contributed by atoms with E-state index in [-0.39, 0.29) is 17.4 Å². The van der Waals surface area contributed by atoms with Gasteiger partial charge in [-0.05, 0) is 18.9 Å². The van der Waals surface area contributed by atoms with Gasteiger partial charge in [0.05, 0.1) is 17.6 Å². The van der Waals surface area contributed by atoms with Crippen LogP contribution in [0.2, 0.25) is 0 Å². The Morgan fingerprint density at radius 2 is 2.00 bits per heavy atom. The van der Waals surface area contributed by atoms with Gasteiger partial charge in [-0.25, -0.2) is 9.38 Å². The zero-order valence-corrected chi connectivity index (χ0v) is 10.7. The summed E-state index contributed by atoms with van der Waals surface area (Å²) in [7, 11) is 0. The molecule has 0 spiro atoms. The van der Waals surface area contributed by atoms with Crippen LogP contribution in [0, 0.1) is 5.92 Å². The minimum Gasteiger partial charge on any atom is -0.382 e. The summed E-state index contributed by atoms with van der Waals surface area (Å²) < 4.78 is 40.3. The Bertz CT molecular complexity index is 591. The summed E-state index contributed by atoms with van der Waals surface area (Å²) in [5.41, 5.74) is 7.24. The number of nitrogens with two attached hydrogens (primary N) is 1. The molecule has 0 radical (unpaired) electrons. The van der Waals surface area contributed by atoms with Gasteiger partial charge in [-0.1, -0.05) is 18.2 Å². The van der Waals surface area contributed by atoms with Crippen LogP contribution in [0.25, 0.3) is 0 Å². The second-order valence-corrected chi connectivity index (χ2v) is 5.01. The first kappa shape index (κ1) is 13.0. The first-order valence-corrected chi connectivity index (χ1v) is 6.41. The first-order chi connectivity index (χ1) is 9.53. The molecular weight excluding hydrogens is 267 g/mol. The molecule has 2 N–H and O–H groups in total. The fraction of sp³-hybridized carbons (Fsp3) is 0.357. The van der Waals surface area contributed by atoms with Crippen molar-refractivity contribution in [1.29, 1.82) is 0 Å². The number of fused-ring (bicyclic) bond motifs is 1. The quantitative estimate of drug-likeness (QED) is 0.865. The number of para-hydroxylation sites is 1. The second-order valence-electron chi connectivity index (χ2n) is 5.01. The average molecular weight is 281 g/mol. The number of halogens is 3. The molecule has 0 saturated heterocycles. The fourth-order valence-electron chi connectivity index (χ4n) is 2.33. The second kappa shape index (κ2) is 4.54. The molecule has 3 rings (SSSR count). The van der Waals surface area contributed by atoms with E-state index < -0.39 is 12.7 Å². The predicted octanol–water partition coefficient (Wildman–Crippen LogP) is 3.03. The van der Waals surface area contributed by atoms with Crippen LogP contribution in [0.1, 0.15) is 18.4 Å². The number of alkyl halides is 3. The summed E-state index contributed by atoms with van der Waals surface area (Å²) in [6.07, 6.45) is 2.95. The maximum Gasteiger partial charge on any atom is 0.357 e. The van der Waals surface area contributed by atoms with Gasteiger partial charge in [-0.2, -0.15) is 8.78 Å². The summed E-state index contributed by atoms with van der Waals surface area (Å²) in [5.74, 6) is 0.221. The van der Waals surface area contributed by atoms with Crippen molar-refractivity contribution in [2.24, 2.45) is 16.6 Å².